The maximum absolute atomic E-state index is 12.9. The van der Waals surface area contributed by atoms with Crippen molar-refractivity contribution in [3.8, 4) is 0 Å². The van der Waals surface area contributed by atoms with Crippen LogP contribution in [0.4, 0.5) is 4.39 Å². The van der Waals surface area contributed by atoms with E-state index >= 15 is 0 Å². The average molecular weight is 304 g/mol. The summed E-state index contributed by atoms with van der Waals surface area (Å²) in [7, 11) is -4.31. The Hall–Kier alpha value is -1.41. The molecule has 0 saturated carbocycles. The van der Waals surface area contributed by atoms with Crippen LogP contribution in [-0.2, 0) is 15.7 Å². The van der Waals surface area contributed by atoms with Gasteiger partial charge in [0.1, 0.15) is 25.2 Å². The lowest BCUT2D eigenvalue weighted by atomic mass is 10.1. The van der Waals surface area contributed by atoms with Crippen LogP contribution in [0.5, 0.6) is 0 Å². The van der Waals surface area contributed by atoms with E-state index in [0.29, 0.717) is 17.0 Å². The van der Waals surface area contributed by atoms with Crippen molar-refractivity contribution in [2.24, 2.45) is 0 Å². The Morgan fingerprint density at radius 2 is 2.25 bits per heavy atom. The molecule has 2 N–H and O–H groups in total. The first-order chi connectivity index (χ1) is 9.40. The summed E-state index contributed by atoms with van der Waals surface area (Å²) >= 11 is 0. The molecule has 0 aliphatic heterocycles. The molecule has 0 bridgehead atoms. The lowest BCUT2D eigenvalue weighted by Gasteiger charge is -2.14. The number of aromatic nitrogens is 4. The van der Waals surface area contributed by atoms with E-state index in [1.807, 2.05) is 0 Å². The Morgan fingerprint density at radius 1 is 1.50 bits per heavy atom. The first-order valence-corrected chi connectivity index (χ1v) is 7.57. The molecule has 2 aromatic heterocycles. The summed E-state index contributed by atoms with van der Waals surface area (Å²) in [5.41, 5.74) is 1.15. The largest absolute Gasteiger partial charge is 0.363 e. The van der Waals surface area contributed by atoms with Crippen LogP contribution in [0, 0.1) is 6.92 Å². The van der Waals surface area contributed by atoms with Gasteiger partial charge in [-0.15, -0.1) is 0 Å². The topological polar surface area (TPSA) is 110 Å². The molecule has 10 heteroatoms. The molecule has 8 nitrogen and oxygen atoms in total. The Morgan fingerprint density at radius 3 is 2.90 bits per heavy atom. The summed E-state index contributed by atoms with van der Waals surface area (Å²) in [6.45, 7) is 0.893. The van der Waals surface area contributed by atoms with E-state index in [4.69, 9.17) is 14.5 Å². The van der Waals surface area contributed by atoms with Gasteiger partial charge in [0.15, 0.2) is 5.65 Å². The summed E-state index contributed by atoms with van der Waals surface area (Å²) in [6.07, 6.45) is 1.24. The fourth-order valence-corrected chi connectivity index (χ4v) is 2.13. The minimum absolute atomic E-state index is 0.121. The molecular weight excluding hydrogens is 290 g/mol. The molecule has 0 aliphatic rings. The number of hydrogen-bond acceptors (Lipinski definition) is 5. The van der Waals surface area contributed by atoms with E-state index in [1.54, 1.807) is 6.92 Å². The number of hydrogen-bond donors (Lipinski definition) is 2. The third kappa shape index (κ3) is 3.57. The predicted molar refractivity (Wildman–Crippen MR) is 67.0 cm³/mol. The number of nitrogens with zero attached hydrogens (tertiary/aromatic N) is 4. The van der Waals surface area contributed by atoms with Crippen LogP contribution in [0.1, 0.15) is 11.4 Å². The smallest absolute Gasteiger partial charge is 0.350 e. The zero-order valence-electron chi connectivity index (χ0n) is 10.7. The van der Waals surface area contributed by atoms with E-state index in [1.165, 1.54) is 17.0 Å². The van der Waals surface area contributed by atoms with Crippen LogP contribution < -0.4 is 0 Å². The molecule has 0 aliphatic carbocycles. The third-order valence-electron chi connectivity index (χ3n) is 2.65. The van der Waals surface area contributed by atoms with Crippen molar-refractivity contribution in [2.45, 2.75) is 19.4 Å². The van der Waals surface area contributed by atoms with Gasteiger partial charge in [0.2, 0.25) is 0 Å². The molecule has 1 atom stereocenters. The van der Waals surface area contributed by atoms with Crippen molar-refractivity contribution in [1.29, 1.82) is 0 Å². The second-order valence-corrected chi connectivity index (χ2v) is 5.85. The van der Waals surface area contributed by atoms with Crippen molar-refractivity contribution in [1.82, 2.24) is 19.6 Å². The molecule has 20 heavy (non-hydrogen) atoms. The highest BCUT2D eigenvalue weighted by Crippen LogP contribution is 2.34. The molecule has 0 spiro atoms. The number of halogens is 1. The standard InChI is InChI=1S/C10H14FN4O4P/c1-7-12-5-13-10-8(4-14-15(7)10)2-9(3-11)19-6-20(16,17)18/h4-5,9H,2-3,6H2,1H3,(H2,16,17,18). The maximum atomic E-state index is 12.9. The molecule has 110 valence electrons. The van der Waals surface area contributed by atoms with Gasteiger partial charge in [-0.2, -0.15) is 5.10 Å². The van der Waals surface area contributed by atoms with Crippen LogP contribution in [0.3, 0.4) is 0 Å². The fourth-order valence-electron chi connectivity index (χ4n) is 1.72. The molecule has 0 saturated heterocycles. The Labute approximate surface area is 113 Å². The second-order valence-electron chi connectivity index (χ2n) is 4.27. The predicted octanol–water partition coefficient (Wildman–Crippen LogP) is 0.465. The van der Waals surface area contributed by atoms with Gasteiger partial charge in [-0.1, -0.05) is 0 Å². The van der Waals surface area contributed by atoms with Crippen LogP contribution in [0.15, 0.2) is 12.5 Å². The molecule has 1 unspecified atom stereocenters. The zero-order valence-corrected chi connectivity index (χ0v) is 11.6. The van der Waals surface area contributed by atoms with Crippen LogP contribution in [0.2, 0.25) is 0 Å². The quantitative estimate of drug-likeness (QED) is 0.746. The minimum atomic E-state index is -4.31. The van der Waals surface area contributed by atoms with Crippen LogP contribution in [-0.4, -0.2) is 48.5 Å². The highest BCUT2D eigenvalue weighted by atomic mass is 31.2. The highest BCUT2D eigenvalue weighted by molar-refractivity contribution is 7.51. The first kappa shape index (κ1) is 15.0. The van der Waals surface area contributed by atoms with Crippen molar-refractivity contribution in [2.75, 3.05) is 13.0 Å². The third-order valence-corrected chi connectivity index (χ3v) is 3.13. The van der Waals surface area contributed by atoms with Gasteiger partial charge in [-0.25, -0.2) is 18.9 Å². The average Bonchev–Trinajstić information content (AvgIpc) is 2.78. The highest BCUT2D eigenvalue weighted by Gasteiger charge is 2.20. The van der Waals surface area contributed by atoms with Gasteiger partial charge >= 0.3 is 7.60 Å². The Bertz CT molecular complexity index is 643. The van der Waals surface area contributed by atoms with Gasteiger partial charge in [0.05, 0.1) is 12.3 Å². The summed E-state index contributed by atoms with van der Waals surface area (Å²) in [5.74, 6) is 0.634. The van der Waals surface area contributed by atoms with Gasteiger partial charge < -0.3 is 14.5 Å². The molecule has 2 heterocycles. The van der Waals surface area contributed by atoms with Gasteiger partial charge in [0.25, 0.3) is 0 Å². The molecule has 0 aromatic carbocycles. The fraction of sp³-hybridized carbons (Fsp3) is 0.500. The van der Waals surface area contributed by atoms with E-state index < -0.39 is 26.7 Å². The Kier molecular flexibility index (Phi) is 4.44. The lowest BCUT2D eigenvalue weighted by molar-refractivity contribution is 0.0563. The summed E-state index contributed by atoms with van der Waals surface area (Å²) in [6, 6.07) is 0. The van der Waals surface area contributed by atoms with Crippen molar-refractivity contribution < 1.29 is 23.5 Å². The van der Waals surface area contributed by atoms with Gasteiger partial charge in [0, 0.05) is 12.0 Å². The van der Waals surface area contributed by atoms with E-state index in [2.05, 4.69) is 15.1 Å². The van der Waals surface area contributed by atoms with Gasteiger partial charge in [-0.3, -0.25) is 4.57 Å². The molecule has 0 amide bonds. The van der Waals surface area contributed by atoms with Crippen molar-refractivity contribution in [3.05, 3.63) is 23.9 Å². The second kappa shape index (κ2) is 5.92. The number of fused-ring (bicyclic) bond motifs is 1. The van der Waals surface area contributed by atoms with Crippen molar-refractivity contribution in [3.63, 3.8) is 0 Å². The number of rotatable bonds is 6. The summed E-state index contributed by atoms with van der Waals surface area (Å²) in [4.78, 5) is 25.5. The van der Waals surface area contributed by atoms with Crippen molar-refractivity contribution >= 4 is 13.2 Å². The van der Waals surface area contributed by atoms with Crippen LogP contribution >= 0.6 is 7.60 Å². The number of ether oxygens (including phenoxy) is 1. The minimum Gasteiger partial charge on any atom is -0.363 e. The number of alkyl halides is 1. The van der Waals surface area contributed by atoms with Crippen LogP contribution in [0.25, 0.3) is 5.65 Å². The summed E-state index contributed by atoms with van der Waals surface area (Å²) in [5, 5.41) is 4.07. The maximum Gasteiger partial charge on any atom is 0.350 e. The molecule has 2 aromatic rings. The van der Waals surface area contributed by atoms with E-state index in [9.17, 15) is 8.96 Å². The first-order valence-electron chi connectivity index (χ1n) is 5.77. The monoisotopic (exact) mass is 304 g/mol. The van der Waals surface area contributed by atoms with E-state index in [-0.39, 0.29) is 6.42 Å². The van der Waals surface area contributed by atoms with E-state index in [0.717, 1.165) is 0 Å². The van der Waals surface area contributed by atoms with Gasteiger partial charge in [-0.05, 0) is 6.92 Å². The lowest BCUT2D eigenvalue weighted by Crippen LogP contribution is -2.19. The Balaban J connectivity index is 2.14. The normalized spacial score (nSPS) is 13.8. The molecule has 0 radical (unpaired) electrons. The molecule has 2 rings (SSSR count). The zero-order chi connectivity index (χ0) is 14.8. The SMILES string of the molecule is Cc1ncnc2c(CC(CF)OCP(=O)(O)O)cnn12. The number of aryl methyl sites for hydroxylation is 1. The molecule has 0 fully saturated rings. The molecular formula is C10H14FN4O4P. The summed E-state index contributed by atoms with van der Waals surface area (Å²) < 4.78 is 30.0.